The maximum absolute atomic E-state index is 12.2. The van der Waals surface area contributed by atoms with Crippen molar-refractivity contribution in [2.45, 2.75) is 74.1 Å². The van der Waals surface area contributed by atoms with E-state index in [1.807, 2.05) is 45.9 Å². The maximum atomic E-state index is 12.2. The van der Waals surface area contributed by atoms with E-state index in [-0.39, 0.29) is 5.82 Å². The Labute approximate surface area is 173 Å². The zero-order valence-corrected chi connectivity index (χ0v) is 19.0. The van der Waals surface area contributed by atoms with Crippen molar-refractivity contribution < 1.29 is 4.39 Å². The van der Waals surface area contributed by atoms with Crippen molar-refractivity contribution in [3.63, 3.8) is 0 Å². The summed E-state index contributed by atoms with van der Waals surface area (Å²) in [5.41, 5.74) is 11.0. The van der Waals surface area contributed by atoms with Gasteiger partial charge >= 0.3 is 0 Å². The number of benzene rings is 2. The molecule has 0 spiro atoms. The highest BCUT2D eigenvalue weighted by atomic mass is 19.1. The van der Waals surface area contributed by atoms with Crippen LogP contribution in [0.3, 0.4) is 0 Å². The van der Waals surface area contributed by atoms with Crippen LogP contribution in [0.1, 0.15) is 71.9 Å². The molecule has 0 aromatic heterocycles. The molecule has 0 bridgehead atoms. The largest absolute Gasteiger partial charge is 0.397 e. The lowest BCUT2D eigenvalue weighted by Crippen LogP contribution is -2.01. The minimum atomic E-state index is -0.160. The predicted octanol–water partition coefficient (Wildman–Crippen LogP) is 8.13. The summed E-state index contributed by atoms with van der Waals surface area (Å²) in [5.74, 6) is -0.160. The first-order valence-electron chi connectivity index (χ1n) is 10.4. The van der Waals surface area contributed by atoms with Gasteiger partial charge in [0.15, 0.2) is 0 Å². The van der Waals surface area contributed by atoms with Crippen molar-refractivity contribution in [3.8, 4) is 0 Å². The Morgan fingerprint density at radius 1 is 1.00 bits per heavy atom. The van der Waals surface area contributed by atoms with E-state index in [0.717, 1.165) is 36.3 Å². The van der Waals surface area contributed by atoms with E-state index in [2.05, 4.69) is 32.7 Å². The molecule has 2 rings (SSSR count). The van der Waals surface area contributed by atoms with E-state index in [4.69, 9.17) is 5.73 Å². The summed E-state index contributed by atoms with van der Waals surface area (Å²) in [6, 6.07) is 12.6. The van der Waals surface area contributed by atoms with Gasteiger partial charge in [0.25, 0.3) is 0 Å². The van der Waals surface area contributed by atoms with Gasteiger partial charge in [0.05, 0.1) is 11.4 Å². The van der Waals surface area contributed by atoms with E-state index >= 15 is 0 Å². The summed E-state index contributed by atoms with van der Waals surface area (Å²) >= 11 is 0. The minimum Gasteiger partial charge on any atom is -0.397 e. The van der Waals surface area contributed by atoms with Crippen LogP contribution in [0.15, 0.2) is 54.7 Å². The first-order chi connectivity index (χ1) is 13.4. The van der Waals surface area contributed by atoms with E-state index in [1.165, 1.54) is 29.7 Å². The Kier molecular flexibility index (Phi) is 18.0. The number of rotatable bonds is 5. The molecule has 2 aromatic rings. The Hall–Kier alpha value is -2.29. The van der Waals surface area contributed by atoms with E-state index in [0.29, 0.717) is 0 Å². The van der Waals surface area contributed by atoms with Gasteiger partial charge in [0.2, 0.25) is 0 Å². The molecule has 0 saturated heterocycles. The molecule has 0 saturated carbocycles. The highest BCUT2D eigenvalue weighted by Gasteiger charge is 1.99. The van der Waals surface area contributed by atoms with Crippen molar-refractivity contribution in [1.29, 1.82) is 0 Å². The number of allylic oxidation sites excluding steroid dienone is 1. The SMILES string of the molecule is C=C(CCC)Nc1ccc(C)cc1N.CC.CCC.CCc1ccc(F)cc1. The first-order valence-corrected chi connectivity index (χ1v) is 10.4. The fourth-order valence-electron chi connectivity index (χ4n) is 2.07. The molecule has 2 nitrogen and oxygen atoms in total. The van der Waals surface area contributed by atoms with Crippen LogP contribution in [0.2, 0.25) is 0 Å². The Bertz CT molecular complexity index is 633. The van der Waals surface area contributed by atoms with Gasteiger partial charge in [-0.2, -0.15) is 0 Å². The molecule has 0 heterocycles. The Balaban J connectivity index is 0. The molecule has 0 radical (unpaired) electrons. The van der Waals surface area contributed by atoms with Crippen molar-refractivity contribution in [2.75, 3.05) is 11.1 Å². The van der Waals surface area contributed by atoms with Gasteiger partial charge in [-0.05, 0) is 55.2 Å². The van der Waals surface area contributed by atoms with E-state index < -0.39 is 0 Å². The van der Waals surface area contributed by atoms with Gasteiger partial charge in [0, 0.05) is 5.70 Å². The van der Waals surface area contributed by atoms with Crippen LogP contribution in [0.25, 0.3) is 0 Å². The molecule has 0 atom stereocenters. The Morgan fingerprint density at radius 2 is 1.54 bits per heavy atom. The second kappa shape index (κ2) is 18.1. The number of nitrogens with two attached hydrogens (primary N) is 1. The number of hydrogen-bond acceptors (Lipinski definition) is 2. The number of nitrogens with one attached hydrogen (secondary N) is 1. The smallest absolute Gasteiger partial charge is 0.123 e. The quantitative estimate of drug-likeness (QED) is 0.507. The summed E-state index contributed by atoms with van der Waals surface area (Å²) in [5, 5.41) is 3.22. The molecule has 158 valence electrons. The van der Waals surface area contributed by atoms with Crippen LogP contribution >= 0.6 is 0 Å². The molecule has 0 amide bonds. The van der Waals surface area contributed by atoms with Crippen LogP contribution in [-0.4, -0.2) is 0 Å². The zero-order chi connectivity index (χ0) is 21.9. The van der Waals surface area contributed by atoms with Crippen LogP contribution < -0.4 is 11.1 Å². The number of hydrogen-bond donors (Lipinski definition) is 2. The van der Waals surface area contributed by atoms with Crippen LogP contribution in [0.4, 0.5) is 15.8 Å². The standard InChI is InChI=1S/C12H18N2.C8H9F.C3H8.C2H6/c1-4-5-10(3)14-12-7-6-9(2)8-11(12)13;1-2-7-3-5-8(9)6-4-7;1-3-2;1-2/h6-8,14H,3-5,13H2,1-2H3;3-6H,2H2,1H3;3H2,1-2H3;1-2H3. The molecular formula is C25H41FN2. The molecule has 0 aliphatic carbocycles. The third kappa shape index (κ3) is 13.9. The molecule has 0 unspecified atom stereocenters. The maximum Gasteiger partial charge on any atom is 0.123 e. The first kappa shape index (κ1) is 27.9. The van der Waals surface area contributed by atoms with Crippen LogP contribution in [0.5, 0.6) is 0 Å². The summed E-state index contributed by atoms with van der Waals surface area (Å²) < 4.78 is 12.2. The van der Waals surface area contributed by atoms with Gasteiger partial charge in [-0.3, -0.25) is 0 Å². The van der Waals surface area contributed by atoms with Crippen molar-refractivity contribution in [2.24, 2.45) is 0 Å². The number of nitrogen functional groups attached to an aromatic ring is 1. The topological polar surface area (TPSA) is 38.0 Å². The molecule has 28 heavy (non-hydrogen) atoms. The van der Waals surface area contributed by atoms with Gasteiger partial charge in [-0.15, -0.1) is 0 Å². The number of halogens is 1. The Morgan fingerprint density at radius 3 is 1.96 bits per heavy atom. The summed E-state index contributed by atoms with van der Waals surface area (Å²) in [6.07, 6.45) is 4.30. The highest BCUT2D eigenvalue weighted by molar-refractivity contribution is 5.68. The molecule has 0 fully saturated rings. The van der Waals surface area contributed by atoms with Gasteiger partial charge in [0.1, 0.15) is 5.82 Å². The highest BCUT2D eigenvalue weighted by Crippen LogP contribution is 2.21. The molecule has 0 aliphatic heterocycles. The van der Waals surface area contributed by atoms with Gasteiger partial charge in [-0.25, -0.2) is 4.39 Å². The van der Waals surface area contributed by atoms with E-state index in [1.54, 1.807) is 12.1 Å². The average Bonchev–Trinajstić information content (AvgIpc) is 2.68. The van der Waals surface area contributed by atoms with Crippen molar-refractivity contribution >= 4 is 11.4 Å². The lowest BCUT2D eigenvalue weighted by Gasteiger charge is -2.11. The third-order valence-electron chi connectivity index (χ3n) is 3.39. The molecule has 3 N–H and O–H groups in total. The second-order valence-electron chi connectivity index (χ2n) is 6.26. The van der Waals surface area contributed by atoms with E-state index in [9.17, 15) is 4.39 Å². The lowest BCUT2D eigenvalue weighted by atomic mass is 10.2. The normalized spacial score (nSPS) is 8.86. The third-order valence-corrected chi connectivity index (χ3v) is 3.39. The predicted molar refractivity (Wildman–Crippen MR) is 126 cm³/mol. The monoisotopic (exact) mass is 388 g/mol. The fraction of sp³-hybridized carbons (Fsp3) is 0.440. The number of anilines is 2. The summed E-state index contributed by atoms with van der Waals surface area (Å²) in [4.78, 5) is 0. The number of aryl methyl sites for hydroxylation is 2. The summed E-state index contributed by atoms with van der Waals surface area (Å²) in [6.45, 7) is 18.4. The molecule has 2 aromatic carbocycles. The van der Waals surface area contributed by atoms with Crippen LogP contribution in [0, 0.1) is 12.7 Å². The van der Waals surface area contributed by atoms with Gasteiger partial charge in [-0.1, -0.05) is 79.2 Å². The molecular weight excluding hydrogens is 347 g/mol. The lowest BCUT2D eigenvalue weighted by molar-refractivity contribution is 0.627. The van der Waals surface area contributed by atoms with Crippen LogP contribution in [-0.2, 0) is 6.42 Å². The average molecular weight is 389 g/mol. The van der Waals surface area contributed by atoms with Gasteiger partial charge < -0.3 is 11.1 Å². The zero-order valence-electron chi connectivity index (χ0n) is 19.0. The fourth-order valence-corrected chi connectivity index (χ4v) is 2.07. The minimum absolute atomic E-state index is 0.160. The van der Waals surface area contributed by atoms with Crippen molar-refractivity contribution in [3.05, 3.63) is 71.7 Å². The van der Waals surface area contributed by atoms with Crippen molar-refractivity contribution in [1.82, 2.24) is 0 Å². The molecule has 3 heteroatoms. The summed E-state index contributed by atoms with van der Waals surface area (Å²) in [7, 11) is 0. The molecule has 0 aliphatic rings. The second-order valence-corrected chi connectivity index (χ2v) is 6.26.